The Hall–Kier alpha value is -1.23. The first-order chi connectivity index (χ1) is 12.2. The standard InChI is InChI=1S/C17H27N7S.HI/c1-4-18-17(20-10-16-21-13(11-25-16)12(2)3)19-9-15-23-22-14-7-5-6-8-24(14)15;/h11-12H,4-10H2,1-3H3,(H2,18,19,20);1H. The van der Waals surface area contributed by atoms with Crippen LogP contribution in [0.3, 0.4) is 0 Å². The number of aromatic nitrogens is 4. The summed E-state index contributed by atoms with van der Waals surface area (Å²) in [5.74, 6) is 3.30. The van der Waals surface area contributed by atoms with Gasteiger partial charge in [-0.25, -0.2) is 9.98 Å². The summed E-state index contributed by atoms with van der Waals surface area (Å²) in [6, 6.07) is 0. The lowest BCUT2D eigenvalue weighted by atomic mass is 10.2. The molecule has 3 heterocycles. The third kappa shape index (κ3) is 5.38. The highest BCUT2D eigenvalue weighted by molar-refractivity contribution is 14.0. The summed E-state index contributed by atoms with van der Waals surface area (Å²) in [6.07, 6.45) is 3.43. The lowest BCUT2D eigenvalue weighted by Crippen LogP contribution is -2.36. The van der Waals surface area contributed by atoms with E-state index >= 15 is 0 Å². The Morgan fingerprint density at radius 3 is 2.88 bits per heavy atom. The molecule has 144 valence electrons. The Balaban J connectivity index is 0.00000243. The number of nitrogens with zero attached hydrogens (tertiary/aromatic N) is 5. The number of hydrogen-bond acceptors (Lipinski definition) is 5. The molecule has 0 atom stereocenters. The van der Waals surface area contributed by atoms with Crippen LogP contribution in [0.5, 0.6) is 0 Å². The highest BCUT2D eigenvalue weighted by Crippen LogP contribution is 2.17. The Labute approximate surface area is 176 Å². The zero-order valence-electron chi connectivity index (χ0n) is 15.7. The normalized spacial score (nSPS) is 14.1. The summed E-state index contributed by atoms with van der Waals surface area (Å²) in [7, 11) is 0. The van der Waals surface area contributed by atoms with Gasteiger partial charge in [-0.1, -0.05) is 13.8 Å². The quantitative estimate of drug-likeness (QED) is 0.371. The number of rotatable bonds is 6. The molecule has 0 fully saturated rings. The molecule has 0 unspecified atom stereocenters. The molecule has 0 saturated carbocycles. The molecule has 0 saturated heterocycles. The minimum Gasteiger partial charge on any atom is -0.357 e. The zero-order chi connectivity index (χ0) is 17.6. The lowest BCUT2D eigenvalue weighted by molar-refractivity contribution is 0.508. The predicted octanol–water partition coefficient (Wildman–Crippen LogP) is 3.07. The van der Waals surface area contributed by atoms with Gasteiger partial charge in [-0.05, 0) is 25.7 Å². The smallest absolute Gasteiger partial charge is 0.192 e. The number of aryl methyl sites for hydroxylation is 1. The van der Waals surface area contributed by atoms with E-state index in [9.17, 15) is 0 Å². The molecule has 2 N–H and O–H groups in total. The lowest BCUT2D eigenvalue weighted by Gasteiger charge is -2.14. The number of halogens is 1. The van der Waals surface area contributed by atoms with Crippen LogP contribution in [0.25, 0.3) is 0 Å². The van der Waals surface area contributed by atoms with Crippen molar-refractivity contribution in [3.05, 3.63) is 27.7 Å². The van der Waals surface area contributed by atoms with Gasteiger partial charge in [0.05, 0.1) is 12.2 Å². The van der Waals surface area contributed by atoms with Gasteiger partial charge in [-0.2, -0.15) is 0 Å². The topological polar surface area (TPSA) is 80.0 Å². The largest absolute Gasteiger partial charge is 0.357 e. The van der Waals surface area contributed by atoms with Crippen molar-refractivity contribution >= 4 is 41.3 Å². The van der Waals surface area contributed by atoms with Crippen molar-refractivity contribution in [3.63, 3.8) is 0 Å². The molecular formula is C17H28IN7S. The number of aliphatic imine (C=N–C) groups is 1. The van der Waals surface area contributed by atoms with E-state index in [-0.39, 0.29) is 24.0 Å². The van der Waals surface area contributed by atoms with Crippen LogP contribution in [0.2, 0.25) is 0 Å². The molecule has 2 aromatic rings. The van der Waals surface area contributed by atoms with Crippen molar-refractivity contribution in [1.82, 2.24) is 30.4 Å². The SMILES string of the molecule is CCNC(=NCc1nnc2n1CCCC2)NCc1nc(C(C)C)cs1.I. The van der Waals surface area contributed by atoms with Gasteiger partial charge >= 0.3 is 0 Å². The third-order valence-electron chi connectivity index (χ3n) is 4.23. The number of guanidine groups is 1. The Bertz CT molecular complexity index is 723. The molecule has 0 aliphatic carbocycles. The van der Waals surface area contributed by atoms with Gasteiger partial charge in [0.15, 0.2) is 11.8 Å². The van der Waals surface area contributed by atoms with Crippen LogP contribution in [-0.2, 0) is 26.1 Å². The van der Waals surface area contributed by atoms with Gasteiger partial charge in [0.1, 0.15) is 17.4 Å². The Morgan fingerprint density at radius 1 is 1.31 bits per heavy atom. The molecule has 0 spiro atoms. The molecule has 9 heteroatoms. The van der Waals surface area contributed by atoms with Crippen LogP contribution < -0.4 is 10.6 Å². The van der Waals surface area contributed by atoms with E-state index < -0.39 is 0 Å². The molecule has 0 bridgehead atoms. The highest BCUT2D eigenvalue weighted by Gasteiger charge is 2.15. The van der Waals surface area contributed by atoms with Gasteiger partial charge in [-0.15, -0.1) is 45.5 Å². The second-order valence-electron chi connectivity index (χ2n) is 6.51. The van der Waals surface area contributed by atoms with Crippen molar-refractivity contribution in [2.24, 2.45) is 4.99 Å². The van der Waals surface area contributed by atoms with E-state index in [1.807, 2.05) is 0 Å². The summed E-state index contributed by atoms with van der Waals surface area (Å²) in [6.45, 7) is 9.44. The van der Waals surface area contributed by atoms with Crippen LogP contribution in [0.15, 0.2) is 10.4 Å². The van der Waals surface area contributed by atoms with Crippen LogP contribution >= 0.6 is 35.3 Å². The van der Waals surface area contributed by atoms with Gasteiger partial charge < -0.3 is 15.2 Å². The molecule has 2 aromatic heterocycles. The molecule has 3 rings (SSSR count). The van der Waals surface area contributed by atoms with E-state index in [1.54, 1.807) is 11.3 Å². The first-order valence-electron chi connectivity index (χ1n) is 9.04. The highest BCUT2D eigenvalue weighted by atomic mass is 127. The molecule has 0 radical (unpaired) electrons. The summed E-state index contributed by atoms with van der Waals surface area (Å²) in [4.78, 5) is 9.33. The Morgan fingerprint density at radius 2 is 2.15 bits per heavy atom. The maximum Gasteiger partial charge on any atom is 0.192 e. The maximum absolute atomic E-state index is 4.67. The number of fused-ring (bicyclic) bond motifs is 1. The minimum absolute atomic E-state index is 0. The minimum atomic E-state index is 0. The molecule has 0 aromatic carbocycles. The fourth-order valence-corrected chi connectivity index (χ4v) is 3.70. The van der Waals surface area contributed by atoms with Crippen LogP contribution in [0.1, 0.15) is 61.9 Å². The first kappa shape index (κ1) is 21.1. The summed E-state index contributed by atoms with van der Waals surface area (Å²) in [5.41, 5.74) is 1.15. The number of hydrogen-bond donors (Lipinski definition) is 2. The number of thiazole rings is 1. The summed E-state index contributed by atoms with van der Waals surface area (Å²) < 4.78 is 2.21. The molecule has 26 heavy (non-hydrogen) atoms. The van der Waals surface area contributed by atoms with Crippen LogP contribution in [0.4, 0.5) is 0 Å². The van der Waals surface area contributed by atoms with Gasteiger partial charge in [0, 0.05) is 24.9 Å². The van der Waals surface area contributed by atoms with Crippen molar-refractivity contribution in [1.29, 1.82) is 0 Å². The average molecular weight is 489 g/mol. The van der Waals surface area contributed by atoms with Crippen molar-refractivity contribution in [3.8, 4) is 0 Å². The van der Waals surface area contributed by atoms with Crippen molar-refractivity contribution < 1.29 is 0 Å². The van der Waals surface area contributed by atoms with Gasteiger partial charge in [0.2, 0.25) is 0 Å². The summed E-state index contributed by atoms with van der Waals surface area (Å²) in [5, 5.41) is 18.5. The van der Waals surface area contributed by atoms with E-state index in [1.165, 1.54) is 12.8 Å². The van der Waals surface area contributed by atoms with Gasteiger partial charge in [-0.3, -0.25) is 0 Å². The van der Waals surface area contributed by atoms with E-state index in [2.05, 4.69) is 61.5 Å². The molecule has 1 aliphatic heterocycles. The first-order valence-corrected chi connectivity index (χ1v) is 9.92. The fraction of sp³-hybridized carbons (Fsp3) is 0.647. The van der Waals surface area contributed by atoms with E-state index in [4.69, 9.17) is 0 Å². The molecule has 1 aliphatic rings. The third-order valence-corrected chi connectivity index (χ3v) is 5.09. The molecule has 7 nitrogen and oxygen atoms in total. The zero-order valence-corrected chi connectivity index (χ0v) is 18.8. The predicted molar refractivity (Wildman–Crippen MR) is 116 cm³/mol. The maximum atomic E-state index is 4.67. The average Bonchev–Trinajstić information content (AvgIpc) is 3.24. The van der Waals surface area contributed by atoms with E-state index in [0.29, 0.717) is 19.0 Å². The van der Waals surface area contributed by atoms with Crippen molar-refractivity contribution in [2.45, 2.75) is 65.6 Å². The monoisotopic (exact) mass is 489 g/mol. The van der Waals surface area contributed by atoms with Gasteiger partial charge in [0.25, 0.3) is 0 Å². The van der Waals surface area contributed by atoms with Crippen LogP contribution in [0, 0.1) is 0 Å². The van der Waals surface area contributed by atoms with Crippen molar-refractivity contribution in [2.75, 3.05) is 6.54 Å². The molecule has 0 amide bonds. The Kier molecular flexibility index (Phi) is 8.26. The fourth-order valence-electron chi connectivity index (χ4n) is 2.81. The van der Waals surface area contributed by atoms with E-state index in [0.717, 1.165) is 47.8 Å². The second kappa shape index (κ2) is 10.2. The van der Waals surface area contributed by atoms with Crippen LogP contribution in [-0.4, -0.2) is 32.3 Å². The molecular weight excluding hydrogens is 461 g/mol. The number of nitrogens with one attached hydrogen (secondary N) is 2. The second-order valence-corrected chi connectivity index (χ2v) is 7.45. The summed E-state index contributed by atoms with van der Waals surface area (Å²) >= 11 is 1.69.